The molecule has 5 nitrogen and oxygen atoms in total. The number of hydrogen-bond donors (Lipinski definition) is 1. The summed E-state index contributed by atoms with van der Waals surface area (Å²) in [7, 11) is 0. The van der Waals surface area contributed by atoms with Crippen molar-refractivity contribution in [1.29, 1.82) is 0 Å². The molecular weight excluding hydrogens is 336 g/mol. The summed E-state index contributed by atoms with van der Waals surface area (Å²) in [5.41, 5.74) is 7.99. The number of aromatic nitrogens is 2. The lowest BCUT2D eigenvalue weighted by Gasteiger charge is -2.33. The van der Waals surface area contributed by atoms with Crippen LogP contribution in [-0.2, 0) is 11.3 Å². The van der Waals surface area contributed by atoms with E-state index in [2.05, 4.69) is 14.9 Å². The lowest BCUT2D eigenvalue weighted by Crippen LogP contribution is -2.38. The molecule has 0 amide bonds. The summed E-state index contributed by atoms with van der Waals surface area (Å²) in [5, 5.41) is 1.63. The van der Waals surface area contributed by atoms with Gasteiger partial charge in [-0.05, 0) is 18.2 Å². The minimum atomic E-state index is -0.0414. The Bertz CT molecular complexity index is 901. The minimum Gasteiger partial charge on any atom is -0.383 e. The van der Waals surface area contributed by atoms with Crippen LogP contribution in [0.4, 0.5) is 5.82 Å². The van der Waals surface area contributed by atoms with Crippen LogP contribution in [0.1, 0.15) is 17.5 Å². The number of halogens is 1. The fraction of sp³-hybridized carbons (Fsp3) is 0.263. The molecule has 4 rings (SSSR count). The summed E-state index contributed by atoms with van der Waals surface area (Å²) in [4.78, 5) is 11.4. The zero-order valence-electron chi connectivity index (χ0n) is 13.7. The number of nitrogens with two attached hydrogens (primary N) is 1. The van der Waals surface area contributed by atoms with E-state index in [4.69, 9.17) is 22.1 Å². The van der Waals surface area contributed by atoms with Crippen LogP contribution >= 0.6 is 11.6 Å². The summed E-state index contributed by atoms with van der Waals surface area (Å²) in [6.07, 6.45) is -0.0414. The molecular formula is C19H19ClN4O. The molecule has 1 unspecified atom stereocenters. The second kappa shape index (κ2) is 6.96. The molecule has 3 aromatic rings. The highest BCUT2D eigenvalue weighted by Gasteiger charge is 2.24. The normalized spacial score (nSPS) is 18.5. The van der Waals surface area contributed by atoms with E-state index in [0.29, 0.717) is 19.0 Å². The Morgan fingerprint density at radius 3 is 2.80 bits per heavy atom. The third kappa shape index (κ3) is 3.44. The van der Waals surface area contributed by atoms with Crippen molar-refractivity contribution in [3.63, 3.8) is 0 Å². The van der Waals surface area contributed by atoms with Crippen molar-refractivity contribution in [3.05, 3.63) is 64.9 Å². The van der Waals surface area contributed by atoms with Crippen molar-refractivity contribution in [3.8, 4) is 0 Å². The van der Waals surface area contributed by atoms with Crippen molar-refractivity contribution in [2.45, 2.75) is 12.6 Å². The van der Waals surface area contributed by atoms with Crippen LogP contribution in [0.5, 0.6) is 0 Å². The highest BCUT2D eigenvalue weighted by Crippen LogP contribution is 2.29. The van der Waals surface area contributed by atoms with Crippen molar-refractivity contribution in [1.82, 2.24) is 14.9 Å². The van der Waals surface area contributed by atoms with Gasteiger partial charge in [-0.3, -0.25) is 4.90 Å². The van der Waals surface area contributed by atoms with Gasteiger partial charge in [-0.15, -0.1) is 0 Å². The third-order valence-corrected chi connectivity index (χ3v) is 4.79. The highest BCUT2D eigenvalue weighted by molar-refractivity contribution is 6.31. The first-order chi connectivity index (χ1) is 12.2. The number of rotatable bonds is 3. The average molecular weight is 355 g/mol. The Balaban J connectivity index is 1.54. The van der Waals surface area contributed by atoms with Crippen molar-refractivity contribution in [2.24, 2.45) is 0 Å². The zero-order chi connectivity index (χ0) is 17.2. The molecule has 1 saturated heterocycles. The van der Waals surface area contributed by atoms with Gasteiger partial charge in [-0.2, -0.15) is 0 Å². The zero-order valence-corrected chi connectivity index (χ0v) is 14.5. The number of ether oxygens (including phenoxy) is 1. The highest BCUT2D eigenvalue weighted by atomic mass is 35.5. The van der Waals surface area contributed by atoms with E-state index in [1.807, 2.05) is 48.5 Å². The Labute approximate surface area is 151 Å². The number of anilines is 1. The summed E-state index contributed by atoms with van der Waals surface area (Å²) >= 11 is 6.31. The summed E-state index contributed by atoms with van der Waals surface area (Å²) in [6.45, 7) is 2.87. The van der Waals surface area contributed by atoms with Crippen LogP contribution < -0.4 is 5.73 Å². The topological polar surface area (TPSA) is 64.3 Å². The molecule has 6 heteroatoms. The molecule has 1 aromatic heterocycles. The maximum Gasteiger partial charge on any atom is 0.145 e. The van der Waals surface area contributed by atoms with Gasteiger partial charge in [0.05, 0.1) is 24.8 Å². The molecule has 0 bridgehead atoms. The summed E-state index contributed by atoms with van der Waals surface area (Å²) in [5.74, 6) is 1.26. The van der Waals surface area contributed by atoms with Crippen LogP contribution in [0.15, 0.2) is 48.5 Å². The molecule has 0 saturated carbocycles. The number of nitrogen functional groups attached to an aromatic ring is 1. The SMILES string of the molecule is Nc1nc(CN2CCOC(c3ccccc3Cl)C2)nc2ccccc12. The second-order valence-electron chi connectivity index (χ2n) is 6.16. The Morgan fingerprint density at radius 2 is 1.92 bits per heavy atom. The Kier molecular flexibility index (Phi) is 4.53. The van der Waals surface area contributed by atoms with Crippen LogP contribution in [0, 0.1) is 0 Å². The quantitative estimate of drug-likeness (QED) is 0.780. The molecule has 0 radical (unpaired) electrons. The maximum atomic E-state index is 6.31. The lowest BCUT2D eigenvalue weighted by atomic mass is 10.1. The van der Waals surface area contributed by atoms with Crippen LogP contribution in [-0.4, -0.2) is 34.6 Å². The first kappa shape index (κ1) is 16.3. The summed E-state index contributed by atoms with van der Waals surface area (Å²) in [6, 6.07) is 15.6. The van der Waals surface area contributed by atoms with Crippen molar-refractivity contribution < 1.29 is 4.74 Å². The van der Waals surface area contributed by atoms with Crippen LogP contribution in [0.3, 0.4) is 0 Å². The predicted molar refractivity (Wildman–Crippen MR) is 99.4 cm³/mol. The van der Waals surface area contributed by atoms with Gasteiger partial charge in [-0.25, -0.2) is 9.97 Å². The number of nitrogens with zero attached hydrogens (tertiary/aromatic N) is 3. The Morgan fingerprint density at radius 1 is 1.12 bits per heavy atom. The van der Waals surface area contributed by atoms with Gasteiger partial charge >= 0.3 is 0 Å². The van der Waals surface area contributed by atoms with Crippen molar-refractivity contribution in [2.75, 3.05) is 25.4 Å². The molecule has 0 spiro atoms. The monoisotopic (exact) mass is 354 g/mol. The fourth-order valence-corrected chi connectivity index (χ4v) is 3.45. The third-order valence-electron chi connectivity index (χ3n) is 4.45. The van der Waals surface area contributed by atoms with E-state index in [1.165, 1.54) is 0 Å². The predicted octanol–water partition coefficient (Wildman–Crippen LogP) is 3.44. The van der Waals surface area contributed by atoms with E-state index >= 15 is 0 Å². The Hall–Kier alpha value is -2.21. The molecule has 1 aliphatic rings. The van der Waals surface area contributed by atoms with E-state index in [9.17, 15) is 0 Å². The molecule has 2 aromatic carbocycles. The number of benzene rings is 2. The van der Waals surface area contributed by atoms with Gasteiger partial charge < -0.3 is 10.5 Å². The average Bonchev–Trinajstić information content (AvgIpc) is 2.62. The van der Waals surface area contributed by atoms with Gasteiger partial charge in [0, 0.05) is 29.1 Å². The molecule has 2 N–H and O–H groups in total. The van der Waals surface area contributed by atoms with Gasteiger partial charge in [0.1, 0.15) is 11.6 Å². The van der Waals surface area contributed by atoms with E-state index in [-0.39, 0.29) is 6.10 Å². The van der Waals surface area contributed by atoms with Gasteiger partial charge in [0.2, 0.25) is 0 Å². The molecule has 128 valence electrons. The molecule has 1 aliphatic heterocycles. The lowest BCUT2D eigenvalue weighted by molar-refractivity contribution is -0.0335. The van der Waals surface area contributed by atoms with Gasteiger partial charge in [0.25, 0.3) is 0 Å². The molecule has 25 heavy (non-hydrogen) atoms. The van der Waals surface area contributed by atoms with E-state index < -0.39 is 0 Å². The summed E-state index contributed by atoms with van der Waals surface area (Å²) < 4.78 is 5.92. The number of para-hydroxylation sites is 1. The molecule has 2 heterocycles. The first-order valence-corrected chi connectivity index (χ1v) is 8.68. The van der Waals surface area contributed by atoms with Crippen molar-refractivity contribution >= 4 is 28.3 Å². The molecule has 0 aliphatic carbocycles. The van der Waals surface area contributed by atoms with E-state index in [1.54, 1.807) is 0 Å². The number of fused-ring (bicyclic) bond motifs is 1. The van der Waals surface area contributed by atoms with E-state index in [0.717, 1.165) is 40.4 Å². The van der Waals surface area contributed by atoms with Gasteiger partial charge in [0.15, 0.2) is 0 Å². The number of hydrogen-bond acceptors (Lipinski definition) is 5. The smallest absolute Gasteiger partial charge is 0.145 e. The minimum absolute atomic E-state index is 0.0414. The second-order valence-corrected chi connectivity index (χ2v) is 6.57. The van der Waals surface area contributed by atoms with Crippen LogP contribution in [0.25, 0.3) is 10.9 Å². The molecule has 1 fully saturated rings. The number of morpholine rings is 1. The fourth-order valence-electron chi connectivity index (χ4n) is 3.19. The largest absolute Gasteiger partial charge is 0.383 e. The molecule has 1 atom stereocenters. The van der Waals surface area contributed by atoms with Crippen LogP contribution in [0.2, 0.25) is 5.02 Å². The maximum absolute atomic E-state index is 6.31. The standard InChI is InChI=1S/C19H19ClN4O/c20-15-7-3-1-5-13(15)17-11-24(9-10-25-17)12-18-22-16-8-4-2-6-14(16)19(21)23-18/h1-8,17H,9-12H2,(H2,21,22,23). The first-order valence-electron chi connectivity index (χ1n) is 8.30. The van der Waals surface area contributed by atoms with Gasteiger partial charge in [-0.1, -0.05) is 41.9 Å².